The summed E-state index contributed by atoms with van der Waals surface area (Å²) in [6.45, 7) is 4.29. The highest BCUT2D eigenvalue weighted by molar-refractivity contribution is 6.02. The third kappa shape index (κ3) is 2.93. The zero-order valence-electron chi connectivity index (χ0n) is 17.5. The Morgan fingerprint density at radius 2 is 1.77 bits per heavy atom. The van der Waals surface area contributed by atoms with Gasteiger partial charge in [0.1, 0.15) is 5.75 Å². The van der Waals surface area contributed by atoms with Crippen LogP contribution in [-0.2, 0) is 4.79 Å². The van der Waals surface area contributed by atoms with Crippen LogP contribution in [0.4, 0.5) is 5.82 Å². The molecule has 3 aromatic rings. The van der Waals surface area contributed by atoms with E-state index in [2.05, 4.69) is 47.6 Å². The van der Waals surface area contributed by atoms with Gasteiger partial charge in [-0.25, -0.2) is 0 Å². The molecule has 2 aromatic carbocycles. The first-order valence-electron chi connectivity index (χ1n) is 10.3. The zero-order valence-corrected chi connectivity index (χ0v) is 17.5. The van der Waals surface area contributed by atoms with Gasteiger partial charge in [-0.15, -0.1) is 0 Å². The molecule has 0 amide bonds. The highest BCUT2D eigenvalue weighted by atomic mass is 16.5. The van der Waals surface area contributed by atoms with Crippen LogP contribution in [0.15, 0.2) is 65.9 Å². The predicted octanol–water partition coefficient (Wildman–Crippen LogP) is 5.29. The Morgan fingerprint density at radius 1 is 1.03 bits per heavy atom. The number of anilines is 1. The van der Waals surface area contributed by atoms with E-state index in [9.17, 15) is 4.79 Å². The van der Waals surface area contributed by atoms with Crippen molar-refractivity contribution < 1.29 is 9.53 Å². The van der Waals surface area contributed by atoms with Gasteiger partial charge in [0.2, 0.25) is 0 Å². The van der Waals surface area contributed by atoms with E-state index >= 15 is 0 Å². The second kappa shape index (κ2) is 6.87. The molecule has 2 N–H and O–H groups in total. The normalized spacial score (nSPS) is 19.7. The molecule has 0 unspecified atom stereocenters. The number of Topliss-reactive ketones (excluding diaryl/α,β-unsaturated/α-hetero) is 1. The van der Waals surface area contributed by atoms with Gasteiger partial charge < -0.3 is 10.1 Å². The quantitative estimate of drug-likeness (QED) is 0.628. The smallest absolute Gasteiger partial charge is 0.162 e. The van der Waals surface area contributed by atoms with Crippen LogP contribution in [0.25, 0.3) is 11.3 Å². The number of hydrogen-bond acceptors (Lipinski definition) is 4. The Hall–Kier alpha value is -3.34. The lowest BCUT2D eigenvalue weighted by Crippen LogP contribution is -2.33. The van der Waals surface area contributed by atoms with Crippen LogP contribution in [0.5, 0.6) is 5.75 Å². The van der Waals surface area contributed by atoms with Crippen molar-refractivity contribution in [3.63, 3.8) is 0 Å². The molecule has 1 aromatic heterocycles. The van der Waals surface area contributed by atoms with Crippen LogP contribution in [0.2, 0.25) is 0 Å². The van der Waals surface area contributed by atoms with E-state index in [4.69, 9.17) is 4.74 Å². The molecule has 0 radical (unpaired) electrons. The second-order valence-corrected chi connectivity index (χ2v) is 8.86. The number of methoxy groups -OCH3 is 1. The summed E-state index contributed by atoms with van der Waals surface area (Å²) in [4.78, 5) is 13.4. The summed E-state index contributed by atoms with van der Waals surface area (Å²) in [6, 6.07) is 18.1. The average Bonchev–Trinajstić information content (AvgIpc) is 3.15. The number of benzene rings is 2. The van der Waals surface area contributed by atoms with Gasteiger partial charge in [0, 0.05) is 34.7 Å². The van der Waals surface area contributed by atoms with Gasteiger partial charge in [-0.05, 0) is 23.5 Å². The molecule has 0 spiro atoms. The van der Waals surface area contributed by atoms with Crippen molar-refractivity contribution in [1.29, 1.82) is 0 Å². The number of ketones is 1. The first-order chi connectivity index (χ1) is 14.5. The van der Waals surface area contributed by atoms with Gasteiger partial charge >= 0.3 is 0 Å². The summed E-state index contributed by atoms with van der Waals surface area (Å²) in [5.41, 5.74) is 5.69. The standard InChI is InChI=1S/C25H25N3O2/c1-25(2)13-17-21(18(29)14-25)20(16-11-7-8-12-19(16)30-3)22-23(27-28-24(22)26-17)15-9-5-4-6-10-15/h4-12,20H,13-14H2,1-3H3,(H2,26,27,28)/t20-/m1/s1. The van der Waals surface area contributed by atoms with Crippen molar-refractivity contribution >= 4 is 11.6 Å². The number of ether oxygens (including phenoxy) is 1. The van der Waals surface area contributed by atoms with Crippen molar-refractivity contribution in [1.82, 2.24) is 10.2 Å². The van der Waals surface area contributed by atoms with Crippen LogP contribution in [0.3, 0.4) is 0 Å². The van der Waals surface area contributed by atoms with Crippen molar-refractivity contribution in [2.24, 2.45) is 5.41 Å². The topological polar surface area (TPSA) is 67.0 Å². The van der Waals surface area contributed by atoms with Crippen LogP contribution in [-0.4, -0.2) is 23.1 Å². The van der Waals surface area contributed by atoms with Crippen molar-refractivity contribution in [2.75, 3.05) is 12.4 Å². The summed E-state index contributed by atoms with van der Waals surface area (Å²) < 4.78 is 5.71. The minimum Gasteiger partial charge on any atom is -0.496 e. The van der Waals surface area contributed by atoms with Crippen LogP contribution < -0.4 is 10.1 Å². The van der Waals surface area contributed by atoms with Crippen LogP contribution in [0.1, 0.15) is 43.7 Å². The fraction of sp³-hybridized carbons (Fsp3) is 0.280. The highest BCUT2D eigenvalue weighted by Crippen LogP contribution is 2.52. The van der Waals surface area contributed by atoms with E-state index in [1.807, 2.05) is 36.4 Å². The molecular weight excluding hydrogens is 374 g/mol. The fourth-order valence-electron chi connectivity index (χ4n) is 4.84. The Labute approximate surface area is 176 Å². The lowest BCUT2D eigenvalue weighted by molar-refractivity contribution is -0.118. The number of fused-ring (bicyclic) bond motifs is 1. The zero-order chi connectivity index (χ0) is 20.9. The highest BCUT2D eigenvalue weighted by Gasteiger charge is 2.43. The molecule has 152 valence electrons. The number of carbonyl (C=O) groups excluding carboxylic acids is 1. The monoisotopic (exact) mass is 399 g/mol. The van der Waals surface area contributed by atoms with Gasteiger partial charge in [-0.3, -0.25) is 9.89 Å². The molecule has 1 atom stereocenters. The molecule has 2 heterocycles. The number of carbonyl (C=O) groups is 1. The number of allylic oxidation sites excluding steroid dienone is 2. The van der Waals surface area contributed by atoms with Crippen molar-refractivity contribution in [3.05, 3.63) is 77.0 Å². The summed E-state index contributed by atoms with van der Waals surface area (Å²) in [5.74, 6) is 1.52. The van der Waals surface area contributed by atoms with Gasteiger partial charge in [-0.2, -0.15) is 5.10 Å². The molecular formula is C25H25N3O2. The maximum Gasteiger partial charge on any atom is 0.162 e. The number of nitrogens with zero attached hydrogens (tertiary/aromatic N) is 1. The Kier molecular flexibility index (Phi) is 4.28. The predicted molar refractivity (Wildman–Crippen MR) is 118 cm³/mol. The van der Waals surface area contributed by atoms with E-state index in [1.54, 1.807) is 7.11 Å². The number of para-hydroxylation sites is 1. The van der Waals surface area contributed by atoms with Gasteiger partial charge in [0.15, 0.2) is 11.6 Å². The molecule has 0 fully saturated rings. The SMILES string of the molecule is COc1ccccc1[C@@H]1C2=C(CC(C)(C)CC2=O)Nc2n[nH]c(-c3ccccc3)c21. The van der Waals surface area contributed by atoms with Crippen LogP contribution >= 0.6 is 0 Å². The summed E-state index contributed by atoms with van der Waals surface area (Å²) >= 11 is 0. The van der Waals surface area contributed by atoms with E-state index in [-0.39, 0.29) is 17.1 Å². The number of rotatable bonds is 3. The van der Waals surface area contributed by atoms with Crippen molar-refractivity contribution in [2.45, 2.75) is 32.6 Å². The van der Waals surface area contributed by atoms with E-state index in [0.29, 0.717) is 6.42 Å². The number of aromatic amines is 1. The fourth-order valence-corrected chi connectivity index (χ4v) is 4.84. The third-order valence-electron chi connectivity index (χ3n) is 6.08. The Bertz CT molecular complexity index is 1160. The lowest BCUT2D eigenvalue weighted by Gasteiger charge is -2.38. The minimum atomic E-state index is -0.232. The second-order valence-electron chi connectivity index (χ2n) is 8.86. The largest absolute Gasteiger partial charge is 0.496 e. The Balaban J connectivity index is 1.78. The molecule has 0 saturated heterocycles. The van der Waals surface area contributed by atoms with Gasteiger partial charge in [0.05, 0.1) is 12.8 Å². The molecule has 0 saturated carbocycles. The van der Waals surface area contributed by atoms with Gasteiger partial charge in [-0.1, -0.05) is 62.4 Å². The van der Waals surface area contributed by atoms with E-state index < -0.39 is 0 Å². The average molecular weight is 399 g/mol. The summed E-state index contributed by atoms with van der Waals surface area (Å²) in [7, 11) is 1.68. The molecule has 1 aliphatic carbocycles. The molecule has 5 rings (SSSR count). The Morgan fingerprint density at radius 3 is 2.53 bits per heavy atom. The maximum atomic E-state index is 13.4. The van der Waals surface area contributed by atoms with Crippen LogP contribution in [0, 0.1) is 5.41 Å². The number of aromatic nitrogens is 2. The minimum absolute atomic E-state index is 0.0791. The number of H-pyrrole nitrogens is 1. The van der Waals surface area contributed by atoms with Crippen molar-refractivity contribution in [3.8, 4) is 17.0 Å². The summed E-state index contributed by atoms with van der Waals surface area (Å²) in [5, 5.41) is 11.3. The third-order valence-corrected chi connectivity index (χ3v) is 6.08. The summed E-state index contributed by atoms with van der Waals surface area (Å²) in [6.07, 6.45) is 1.35. The lowest BCUT2D eigenvalue weighted by atomic mass is 9.68. The molecule has 5 nitrogen and oxygen atoms in total. The molecule has 30 heavy (non-hydrogen) atoms. The first kappa shape index (κ1) is 18.7. The van der Waals surface area contributed by atoms with E-state index in [0.717, 1.165) is 51.6 Å². The molecule has 2 aliphatic rings. The maximum absolute atomic E-state index is 13.4. The molecule has 1 aliphatic heterocycles. The van der Waals surface area contributed by atoms with E-state index in [1.165, 1.54) is 0 Å². The van der Waals surface area contributed by atoms with Gasteiger partial charge in [0.25, 0.3) is 0 Å². The molecule has 5 heteroatoms. The number of hydrogen-bond donors (Lipinski definition) is 2. The number of nitrogens with one attached hydrogen (secondary N) is 2. The first-order valence-corrected chi connectivity index (χ1v) is 10.3. The molecule has 0 bridgehead atoms.